The second kappa shape index (κ2) is 6.35. The molecule has 0 bridgehead atoms. The second-order valence-electron chi connectivity index (χ2n) is 5.50. The number of amides is 2. The lowest BCUT2D eigenvalue weighted by Crippen LogP contribution is -2.50. The molecule has 21 heavy (non-hydrogen) atoms. The molecule has 0 aliphatic carbocycles. The number of rotatable bonds is 3. The summed E-state index contributed by atoms with van der Waals surface area (Å²) in [5, 5.41) is 3.36. The van der Waals surface area contributed by atoms with Crippen LogP contribution in [0, 0.1) is 0 Å². The van der Waals surface area contributed by atoms with Crippen molar-refractivity contribution in [2.75, 3.05) is 19.6 Å². The van der Waals surface area contributed by atoms with Gasteiger partial charge in [0.2, 0.25) is 5.91 Å². The Hall–Kier alpha value is -1.75. The van der Waals surface area contributed by atoms with E-state index in [-0.39, 0.29) is 18.4 Å². The number of hydrogen-bond donors (Lipinski definition) is 1. The van der Waals surface area contributed by atoms with Crippen LogP contribution in [0.1, 0.15) is 20.3 Å². The molecule has 0 spiro atoms. The van der Waals surface area contributed by atoms with Crippen molar-refractivity contribution in [2.45, 2.75) is 25.9 Å². The Morgan fingerprint density at radius 1 is 1.33 bits per heavy atom. The average Bonchev–Trinajstić information content (AvgIpc) is 2.65. The Bertz CT molecular complexity index is 528. The molecule has 5 nitrogen and oxygen atoms in total. The largest absolute Gasteiger partial charge is 0.478 e. The second-order valence-corrected chi connectivity index (χ2v) is 5.93. The lowest BCUT2D eigenvalue weighted by Gasteiger charge is -2.31. The van der Waals surface area contributed by atoms with Gasteiger partial charge in [0.1, 0.15) is 5.75 Å². The molecule has 1 fully saturated rings. The molecule has 1 aromatic carbocycles. The summed E-state index contributed by atoms with van der Waals surface area (Å²) in [7, 11) is 0. The van der Waals surface area contributed by atoms with Crippen LogP contribution in [0.15, 0.2) is 24.3 Å². The molecule has 1 N–H and O–H groups in total. The quantitative estimate of drug-likeness (QED) is 0.927. The summed E-state index contributed by atoms with van der Waals surface area (Å²) in [6, 6.07) is 6.84. The van der Waals surface area contributed by atoms with E-state index in [1.165, 1.54) is 4.90 Å². The van der Waals surface area contributed by atoms with E-state index in [9.17, 15) is 9.59 Å². The number of hydrogen-bond acceptors (Lipinski definition) is 3. The first-order valence-electron chi connectivity index (χ1n) is 6.89. The van der Waals surface area contributed by atoms with Crippen molar-refractivity contribution in [1.29, 1.82) is 0 Å². The maximum absolute atomic E-state index is 12.6. The van der Waals surface area contributed by atoms with Gasteiger partial charge in [0.25, 0.3) is 5.91 Å². The highest BCUT2D eigenvalue weighted by Gasteiger charge is 2.35. The predicted octanol–water partition coefficient (Wildman–Crippen LogP) is 1.85. The molecule has 1 saturated heterocycles. The molecule has 1 heterocycles. The number of nitrogens with zero attached hydrogens (tertiary/aromatic N) is 1. The van der Waals surface area contributed by atoms with Crippen LogP contribution in [-0.2, 0) is 9.59 Å². The summed E-state index contributed by atoms with van der Waals surface area (Å²) in [6.07, 6.45) is 0.745. The van der Waals surface area contributed by atoms with Crippen LogP contribution in [0.3, 0.4) is 0 Å². The van der Waals surface area contributed by atoms with Crippen molar-refractivity contribution in [2.24, 2.45) is 0 Å². The van der Waals surface area contributed by atoms with Gasteiger partial charge in [0, 0.05) is 18.1 Å². The van der Waals surface area contributed by atoms with Crippen molar-refractivity contribution in [3.63, 3.8) is 0 Å². The van der Waals surface area contributed by atoms with Crippen LogP contribution in [0.5, 0.6) is 5.75 Å². The van der Waals surface area contributed by atoms with Crippen molar-refractivity contribution in [1.82, 2.24) is 10.2 Å². The van der Waals surface area contributed by atoms with Gasteiger partial charge < -0.3 is 15.0 Å². The number of carbonyl (C=O) groups is 2. The highest BCUT2D eigenvalue weighted by Crippen LogP contribution is 2.22. The minimum Gasteiger partial charge on any atom is -0.478 e. The van der Waals surface area contributed by atoms with Gasteiger partial charge in [-0.15, -0.1) is 0 Å². The number of carbonyl (C=O) groups excluding carboxylic acids is 2. The smallest absolute Gasteiger partial charge is 0.266 e. The zero-order valence-corrected chi connectivity index (χ0v) is 12.9. The molecular formula is C15H19ClN2O3. The Kier molecular flexibility index (Phi) is 4.73. The van der Waals surface area contributed by atoms with Crippen LogP contribution in [0.2, 0.25) is 5.02 Å². The SMILES string of the molecule is CC(C)(Oc1ccc(Cl)cc1)C(=O)N1CCCNC(=O)C1. The van der Waals surface area contributed by atoms with Gasteiger partial charge in [0.05, 0.1) is 6.54 Å². The van der Waals surface area contributed by atoms with Crippen LogP contribution < -0.4 is 10.1 Å². The normalized spacial score (nSPS) is 16.1. The van der Waals surface area contributed by atoms with Crippen LogP contribution in [-0.4, -0.2) is 41.9 Å². The lowest BCUT2D eigenvalue weighted by atomic mass is 10.1. The molecule has 114 valence electrons. The Morgan fingerprint density at radius 3 is 2.67 bits per heavy atom. The third kappa shape index (κ3) is 4.11. The van der Waals surface area contributed by atoms with Gasteiger partial charge >= 0.3 is 0 Å². The fourth-order valence-electron chi connectivity index (χ4n) is 2.20. The van der Waals surface area contributed by atoms with Gasteiger partial charge in [0.15, 0.2) is 5.60 Å². The molecule has 0 saturated carbocycles. The maximum Gasteiger partial charge on any atom is 0.266 e. The predicted molar refractivity (Wildman–Crippen MR) is 80.4 cm³/mol. The van der Waals surface area contributed by atoms with E-state index in [1.807, 2.05) is 0 Å². The highest BCUT2D eigenvalue weighted by atomic mass is 35.5. The minimum absolute atomic E-state index is 0.0756. The molecule has 0 unspecified atom stereocenters. The van der Waals surface area contributed by atoms with Crippen molar-refractivity contribution in [3.8, 4) is 5.75 Å². The van der Waals surface area contributed by atoms with E-state index >= 15 is 0 Å². The molecule has 0 radical (unpaired) electrons. The van der Waals surface area contributed by atoms with Gasteiger partial charge in [-0.1, -0.05) is 11.6 Å². The fourth-order valence-corrected chi connectivity index (χ4v) is 2.33. The Balaban J connectivity index is 2.08. The van der Waals surface area contributed by atoms with Crippen LogP contribution in [0.25, 0.3) is 0 Å². The van der Waals surface area contributed by atoms with Crippen molar-refractivity contribution < 1.29 is 14.3 Å². The highest BCUT2D eigenvalue weighted by molar-refractivity contribution is 6.30. The van der Waals surface area contributed by atoms with E-state index in [2.05, 4.69) is 5.32 Å². The average molecular weight is 311 g/mol. The van der Waals surface area contributed by atoms with Crippen molar-refractivity contribution >= 4 is 23.4 Å². The maximum atomic E-state index is 12.6. The zero-order chi connectivity index (χ0) is 15.5. The summed E-state index contributed by atoms with van der Waals surface area (Å²) < 4.78 is 5.77. The molecule has 6 heteroatoms. The minimum atomic E-state index is -1.04. The van der Waals surface area contributed by atoms with E-state index in [0.717, 1.165) is 6.42 Å². The standard InChI is InChI=1S/C15H19ClN2O3/c1-15(2,21-12-6-4-11(16)5-7-12)14(20)18-9-3-8-17-13(19)10-18/h4-7H,3,8-10H2,1-2H3,(H,17,19). The third-order valence-electron chi connectivity index (χ3n) is 3.25. The van der Waals surface area contributed by atoms with E-state index < -0.39 is 5.60 Å². The van der Waals surface area contributed by atoms with Crippen molar-refractivity contribution in [3.05, 3.63) is 29.3 Å². The topological polar surface area (TPSA) is 58.6 Å². The molecular weight excluding hydrogens is 292 g/mol. The summed E-state index contributed by atoms with van der Waals surface area (Å²) in [5.41, 5.74) is -1.04. The molecule has 0 aromatic heterocycles. The number of benzene rings is 1. The van der Waals surface area contributed by atoms with Gasteiger partial charge in [-0.05, 0) is 44.5 Å². The van der Waals surface area contributed by atoms with Gasteiger partial charge in [-0.25, -0.2) is 0 Å². The number of halogens is 1. The summed E-state index contributed by atoms with van der Waals surface area (Å²) in [4.78, 5) is 25.7. The summed E-state index contributed by atoms with van der Waals surface area (Å²) in [6.45, 7) is 4.62. The number of ether oxygens (including phenoxy) is 1. The van der Waals surface area contributed by atoms with Gasteiger partial charge in [-0.3, -0.25) is 9.59 Å². The van der Waals surface area contributed by atoms with Gasteiger partial charge in [-0.2, -0.15) is 0 Å². The monoisotopic (exact) mass is 310 g/mol. The summed E-state index contributed by atoms with van der Waals surface area (Å²) in [5.74, 6) is 0.231. The van der Waals surface area contributed by atoms with Crippen LogP contribution >= 0.6 is 11.6 Å². The third-order valence-corrected chi connectivity index (χ3v) is 3.50. The molecule has 1 aliphatic heterocycles. The fraction of sp³-hybridized carbons (Fsp3) is 0.467. The lowest BCUT2D eigenvalue weighted by molar-refractivity contribution is -0.147. The first-order chi connectivity index (χ1) is 9.88. The van der Waals surface area contributed by atoms with E-state index in [4.69, 9.17) is 16.3 Å². The summed E-state index contributed by atoms with van der Waals surface area (Å²) >= 11 is 5.83. The first kappa shape index (κ1) is 15.6. The van der Waals surface area contributed by atoms with Crippen LogP contribution in [0.4, 0.5) is 0 Å². The molecule has 1 aliphatic rings. The van der Waals surface area contributed by atoms with E-state index in [1.54, 1.807) is 38.1 Å². The molecule has 1 aromatic rings. The molecule has 2 rings (SSSR count). The molecule has 0 atom stereocenters. The first-order valence-corrected chi connectivity index (χ1v) is 7.27. The van der Waals surface area contributed by atoms with E-state index in [0.29, 0.717) is 23.9 Å². The zero-order valence-electron chi connectivity index (χ0n) is 12.2. The molecule has 2 amide bonds. The Morgan fingerprint density at radius 2 is 2.00 bits per heavy atom. The number of nitrogens with one attached hydrogen (secondary N) is 1. The Labute approximate surface area is 129 Å².